The predicted molar refractivity (Wildman–Crippen MR) is 180 cm³/mol. The van der Waals surface area contributed by atoms with Crippen LogP contribution in [0.25, 0.3) is 6.08 Å². The van der Waals surface area contributed by atoms with E-state index in [9.17, 15) is 19.2 Å². The number of nitrogens with one attached hydrogen (secondary N) is 3. The minimum atomic E-state index is -1.05. The number of hydrogen-bond donors (Lipinski definition) is 4. The lowest BCUT2D eigenvalue weighted by Crippen LogP contribution is -2.30. The van der Waals surface area contributed by atoms with E-state index in [-0.39, 0.29) is 17.2 Å². The summed E-state index contributed by atoms with van der Waals surface area (Å²) in [5.74, 6) is -1.31. The van der Waals surface area contributed by atoms with Crippen LogP contribution in [-0.4, -0.2) is 55.4 Å². The average Bonchev–Trinajstić information content (AvgIpc) is 3.08. The molecule has 11 nitrogen and oxygen atoms in total. The van der Waals surface area contributed by atoms with Crippen LogP contribution in [0.2, 0.25) is 0 Å². The van der Waals surface area contributed by atoms with E-state index in [4.69, 9.17) is 19.3 Å². The van der Waals surface area contributed by atoms with Crippen LogP contribution in [-0.2, 0) is 9.59 Å². The van der Waals surface area contributed by atoms with Gasteiger partial charge in [-0.05, 0) is 85.3 Å². The number of anilines is 2. The normalized spacial score (nSPS) is 11.5. The first kappa shape index (κ1) is 34.1. The van der Waals surface area contributed by atoms with Gasteiger partial charge >= 0.3 is 5.97 Å². The van der Waals surface area contributed by atoms with E-state index in [1.165, 1.54) is 63.4 Å². The molecule has 0 aliphatic carbocycles. The van der Waals surface area contributed by atoms with Gasteiger partial charge < -0.3 is 35.3 Å². The molecule has 0 radical (unpaired) electrons. The number of methoxy groups -OCH3 is 3. The SMILES string of the molecule is COc1cc(/C=C(/NC(=O)c2ccccc2)C(=O)Nc2cccc(SC(C)C(=O)Nc3ccc(C(=O)O)cc3)c2)cc(OC)c1OC. The molecule has 0 heterocycles. The van der Waals surface area contributed by atoms with Gasteiger partial charge in [0, 0.05) is 21.8 Å². The second kappa shape index (κ2) is 16.0. The van der Waals surface area contributed by atoms with Gasteiger partial charge in [-0.25, -0.2) is 4.79 Å². The van der Waals surface area contributed by atoms with Gasteiger partial charge in [0.05, 0.1) is 32.1 Å². The number of carbonyl (C=O) groups is 4. The number of carboxylic acids is 1. The second-order valence-electron chi connectivity index (χ2n) is 9.95. The lowest BCUT2D eigenvalue weighted by atomic mass is 10.1. The molecule has 0 spiro atoms. The van der Waals surface area contributed by atoms with Gasteiger partial charge in [-0.2, -0.15) is 0 Å². The van der Waals surface area contributed by atoms with Crippen molar-refractivity contribution < 1.29 is 38.5 Å². The lowest BCUT2D eigenvalue weighted by Gasteiger charge is -2.15. The maximum Gasteiger partial charge on any atom is 0.335 e. The maximum absolute atomic E-state index is 13.6. The summed E-state index contributed by atoms with van der Waals surface area (Å²) >= 11 is 1.27. The fraction of sp³-hybridized carbons (Fsp3) is 0.143. The van der Waals surface area contributed by atoms with E-state index in [0.29, 0.717) is 44.6 Å². The molecule has 0 saturated carbocycles. The van der Waals surface area contributed by atoms with Gasteiger partial charge in [0.25, 0.3) is 11.8 Å². The van der Waals surface area contributed by atoms with Crippen LogP contribution in [0.4, 0.5) is 11.4 Å². The number of rotatable bonds is 13. The number of thioether (sulfide) groups is 1. The number of carboxylic acid groups (broad SMARTS) is 1. The molecule has 4 aromatic rings. The molecule has 0 fully saturated rings. The summed E-state index contributed by atoms with van der Waals surface area (Å²) in [6.07, 6.45) is 1.49. The molecule has 0 bridgehead atoms. The number of aromatic carboxylic acids is 1. The number of amides is 3. The van der Waals surface area contributed by atoms with Crippen LogP contribution in [0.15, 0.2) is 102 Å². The largest absolute Gasteiger partial charge is 0.493 e. The molecule has 4 rings (SSSR count). The zero-order chi connectivity index (χ0) is 33.9. The summed E-state index contributed by atoms with van der Waals surface area (Å²) in [6, 6.07) is 24.6. The van der Waals surface area contributed by atoms with Crippen molar-refractivity contribution in [3.05, 3.63) is 113 Å². The van der Waals surface area contributed by atoms with Crippen molar-refractivity contribution in [1.29, 1.82) is 0 Å². The topological polar surface area (TPSA) is 152 Å². The Bertz CT molecular complexity index is 1770. The zero-order valence-electron chi connectivity index (χ0n) is 26.0. The standard InChI is InChI=1S/C35H33N3O8S/c1-21(32(39)36-25-15-13-24(14-16-25)35(42)43)47-27-12-8-11-26(20-27)37-34(41)28(38-33(40)23-9-6-5-7-10-23)17-22-18-29(44-2)31(46-4)30(19-22)45-3/h5-21H,1-4H3,(H,36,39)(H,37,41)(H,38,40)(H,42,43)/b28-17+. The van der Waals surface area contributed by atoms with E-state index >= 15 is 0 Å². The van der Waals surface area contributed by atoms with Crippen LogP contribution in [0, 0.1) is 0 Å². The molecule has 0 aliphatic heterocycles. The van der Waals surface area contributed by atoms with Gasteiger partial charge in [0.15, 0.2) is 11.5 Å². The number of benzene rings is 4. The molecule has 3 amide bonds. The van der Waals surface area contributed by atoms with Gasteiger partial charge in [-0.3, -0.25) is 14.4 Å². The maximum atomic E-state index is 13.6. The summed E-state index contributed by atoms with van der Waals surface area (Å²) in [5.41, 5.74) is 1.83. The second-order valence-corrected chi connectivity index (χ2v) is 11.4. The van der Waals surface area contributed by atoms with E-state index < -0.39 is 23.0 Å². The van der Waals surface area contributed by atoms with Crippen molar-refractivity contribution in [3.8, 4) is 17.2 Å². The third-order valence-corrected chi connectivity index (χ3v) is 7.79. The Kier molecular flexibility index (Phi) is 11.6. The van der Waals surface area contributed by atoms with Crippen molar-refractivity contribution in [2.45, 2.75) is 17.1 Å². The summed E-state index contributed by atoms with van der Waals surface area (Å²) in [5, 5.41) is 16.9. The Morgan fingerprint density at radius 3 is 2.00 bits per heavy atom. The van der Waals surface area contributed by atoms with Gasteiger partial charge in [-0.15, -0.1) is 11.8 Å². The summed E-state index contributed by atoms with van der Waals surface area (Å²) < 4.78 is 16.3. The lowest BCUT2D eigenvalue weighted by molar-refractivity contribution is -0.115. The zero-order valence-corrected chi connectivity index (χ0v) is 26.8. The van der Waals surface area contributed by atoms with E-state index in [0.717, 1.165) is 0 Å². The summed E-state index contributed by atoms with van der Waals surface area (Å²) in [7, 11) is 4.43. The number of ether oxygens (including phenoxy) is 3. The number of hydrogen-bond acceptors (Lipinski definition) is 8. The van der Waals surface area contributed by atoms with Crippen molar-refractivity contribution in [3.63, 3.8) is 0 Å². The Morgan fingerprint density at radius 1 is 0.745 bits per heavy atom. The third-order valence-electron chi connectivity index (χ3n) is 6.70. The molecule has 47 heavy (non-hydrogen) atoms. The fourth-order valence-electron chi connectivity index (χ4n) is 4.34. The first-order valence-electron chi connectivity index (χ1n) is 14.2. The Balaban J connectivity index is 1.54. The summed E-state index contributed by atoms with van der Waals surface area (Å²) in [6.45, 7) is 1.73. The smallest absolute Gasteiger partial charge is 0.335 e. The van der Waals surface area contributed by atoms with Crippen molar-refractivity contribution in [2.24, 2.45) is 0 Å². The molecule has 1 atom stereocenters. The van der Waals surface area contributed by atoms with E-state index in [2.05, 4.69) is 16.0 Å². The Morgan fingerprint density at radius 2 is 1.40 bits per heavy atom. The Labute approximate surface area is 275 Å². The molecular weight excluding hydrogens is 622 g/mol. The molecule has 1 unspecified atom stereocenters. The highest BCUT2D eigenvalue weighted by Gasteiger charge is 2.19. The van der Waals surface area contributed by atoms with Crippen LogP contribution < -0.4 is 30.2 Å². The minimum Gasteiger partial charge on any atom is -0.493 e. The monoisotopic (exact) mass is 655 g/mol. The molecule has 0 aromatic heterocycles. The van der Waals surface area contributed by atoms with E-state index in [1.54, 1.807) is 73.7 Å². The number of carbonyl (C=O) groups excluding carboxylic acids is 3. The highest BCUT2D eigenvalue weighted by atomic mass is 32.2. The molecule has 12 heteroatoms. The predicted octanol–water partition coefficient (Wildman–Crippen LogP) is 5.94. The first-order valence-corrected chi connectivity index (χ1v) is 15.1. The quantitative estimate of drug-likeness (QED) is 0.101. The molecule has 4 N–H and O–H groups in total. The van der Waals surface area contributed by atoms with E-state index in [1.807, 2.05) is 0 Å². The van der Waals surface area contributed by atoms with Crippen molar-refractivity contribution >= 4 is 52.9 Å². The molecular formula is C35H33N3O8S. The third kappa shape index (κ3) is 9.14. The first-order chi connectivity index (χ1) is 22.6. The highest BCUT2D eigenvalue weighted by molar-refractivity contribution is 8.00. The molecule has 0 aliphatic rings. The molecule has 242 valence electrons. The highest BCUT2D eigenvalue weighted by Crippen LogP contribution is 2.38. The van der Waals surface area contributed by atoms with Gasteiger partial charge in [0.2, 0.25) is 11.7 Å². The van der Waals surface area contributed by atoms with Gasteiger partial charge in [0.1, 0.15) is 5.70 Å². The van der Waals surface area contributed by atoms with Crippen LogP contribution in [0.5, 0.6) is 17.2 Å². The molecule has 0 saturated heterocycles. The van der Waals surface area contributed by atoms with Crippen LogP contribution in [0.3, 0.4) is 0 Å². The minimum absolute atomic E-state index is 0.0483. The Hall–Kier alpha value is -5.75. The fourth-order valence-corrected chi connectivity index (χ4v) is 5.26. The van der Waals surface area contributed by atoms with Crippen molar-refractivity contribution in [1.82, 2.24) is 5.32 Å². The van der Waals surface area contributed by atoms with Crippen molar-refractivity contribution in [2.75, 3.05) is 32.0 Å². The van der Waals surface area contributed by atoms with Crippen LogP contribution in [0.1, 0.15) is 33.2 Å². The van der Waals surface area contributed by atoms with Gasteiger partial charge in [-0.1, -0.05) is 24.3 Å². The molecule has 4 aromatic carbocycles. The summed E-state index contributed by atoms with van der Waals surface area (Å²) in [4.78, 5) is 51.3. The van der Waals surface area contributed by atoms with Crippen LogP contribution >= 0.6 is 11.8 Å². The average molecular weight is 656 g/mol.